The van der Waals surface area contributed by atoms with Gasteiger partial charge in [0.25, 0.3) is 5.91 Å². The minimum Gasteiger partial charge on any atom is -0.333 e. The van der Waals surface area contributed by atoms with Gasteiger partial charge in [-0.25, -0.2) is 9.50 Å². The lowest BCUT2D eigenvalue weighted by Gasteiger charge is -2.28. The van der Waals surface area contributed by atoms with Crippen molar-refractivity contribution in [3.63, 3.8) is 0 Å². The third-order valence-electron chi connectivity index (χ3n) is 3.92. The van der Waals surface area contributed by atoms with Crippen molar-refractivity contribution < 1.29 is 4.79 Å². The van der Waals surface area contributed by atoms with Gasteiger partial charge in [-0.2, -0.15) is 10.4 Å². The summed E-state index contributed by atoms with van der Waals surface area (Å²) in [5.41, 5.74) is 2.48. The second-order valence-corrected chi connectivity index (χ2v) is 5.74. The number of amides is 1. The van der Waals surface area contributed by atoms with Gasteiger partial charge in [-0.1, -0.05) is 11.6 Å². The van der Waals surface area contributed by atoms with Gasteiger partial charge >= 0.3 is 0 Å². The summed E-state index contributed by atoms with van der Waals surface area (Å²) in [7, 11) is 0. The number of hydrogen-bond donors (Lipinski definition) is 0. The van der Waals surface area contributed by atoms with Crippen LogP contribution in [0, 0.1) is 11.3 Å². The Morgan fingerprint density at radius 1 is 1.35 bits per heavy atom. The van der Waals surface area contributed by atoms with E-state index < -0.39 is 0 Å². The quantitative estimate of drug-likeness (QED) is 0.682. The molecular weight excluding hydrogens is 316 g/mol. The molecule has 0 aliphatic carbocycles. The van der Waals surface area contributed by atoms with E-state index >= 15 is 0 Å². The lowest BCUT2D eigenvalue weighted by molar-refractivity contribution is 0.0704. The number of fused-ring (bicyclic) bond motifs is 2. The van der Waals surface area contributed by atoms with E-state index in [2.05, 4.69) is 16.2 Å². The Morgan fingerprint density at radius 2 is 2.22 bits per heavy atom. The molecule has 114 valence electrons. The van der Waals surface area contributed by atoms with Crippen molar-refractivity contribution in [2.75, 3.05) is 6.54 Å². The van der Waals surface area contributed by atoms with Gasteiger partial charge in [-0.15, -0.1) is 0 Å². The first-order chi connectivity index (χ1) is 11.2. The largest absolute Gasteiger partial charge is 0.333 e. The molecule has 4 heterocycles. The minimum atomic E-state index is -0.155. The molecule has 3 aromatic heterocycles. The molecule has 0 fully saturated rings. The van der Waals surface area contributed by atoms with Crippen LogP contribution in [0.25, 0.3) is 5.65 Å². The summed E-state index contributed by atoms with van der Waals surface area (Å²) < 4.78 is 3.44. The van der Waals surface area contributed by atoms with Gasteiger partial charge in [-0.05, 0) is 12.1 Å². The third kappa shape index (κ3) is 2.24. The molecule has 0 saturated carbocycles. The average Bonchev–Trinajstić information content (AvgIpc) is 3.16. The van der Waals surface area contributed by atoms with Crippen LogP contribution in [-0.2, 0) is 13.1 Å². The first-order valence-electron chi connectivity index (χ1n) is 7.04. The maximum Gasteiger partial charge on any atom is 0.274 e. The minimum absolute atomic E-state index is 0.155. The van der Waals surface area contributed by atoms with E-state index in [0.717, 1.165) is 5.69 Å². The highest BCUT2D eigenvalue weighted by Gasteiger charge is 2.25. The molecular formula is C15H11ClN6O. The lowest BCUT2D eigenvalue weighted by atomic mass is 10.2. The second kappa shape index (κ2) is 5.11. The van der Waals surface area contributed by atoms with E-state index in [9.17, 15) is 4.79 Å². The topological polar surface area (TPSA) is 79.2 Å². The molecule has 7 nitrogen and oxygen atoms in total. The molecule has 0 spiro atoms. The van der Waals surface area contributed by atoms with Crippen LogP contribution >= 0.6 is 11.6 Å². The first kappa shape index (κ1) is 13.8. The molecule has 1 aliphatic heterocycles. The molecule has 3 aromatic rings. The Balaban J connectivity index is 1.62. The van der Waals surface area contributed by atoms with Crippen molar-refractivity contribution in [3.8, 4) is 6.07 Å². The number of carbonyl (C=O) groups is 1. The molecule has 1 amide bonds. The van der Waals surface area contributed by atoms with Crippen molar-refractivity contribution in [3.05, 3.63) is 52.7 Å². The third-order valence-corrected chi connectivity index (χ3v) is 4.12. The summed E-state index contributed by atoms with van der Waals surface area (Å²) in [6, 6.07) is 7.46. The Hall–Kier alpha value is -2.85. The molecule has 23 heavy (non-hydrogen) atoms. The van der Waals surface area contributed by atoms with Gasteiger partial charge in [0.1, 0.15) is 11.8 Å². The molecule has 0 radical (unpaired) electrons. The van der Waals surface area contributed by atoms with E-state index in [0.29, 0.717) is 41.7 Å². The molecule has 0 aromatic carbocycles. The zero-order valence-electron chi connectivity index (χ0n) is 12.0. The van der Waals surface area contributed by atoms with E-state index in [-0.39, 0.29) is 5.91 Å². The van der Waals surface area contributed by atoms with Crippen LogP contribution in [0.5, 0.6) is 0 Å². The van der Waals surface area contributed by atoms with E-state index in [1.807, 2.05) is 10.6 Å². The predicted octanol–water partition coefficient (Wildman–Crippen LogP) is 1.71. The Morgan fingerprint density at radius 3 is 3.04 bits per heavy atom. The van der Waals surface area contributed by atoms with Crippen LogP contribution < -0.4 is 0 Å². The maximum absolute atomic E-state index is 12.7. The SMILES string of the molecule is N#Cc1ccc2n1CCN(C(=O)c1cc3ncc(Cl)cn3n1)C2. The molecule has 0 N–H and O–H groups in total. The van der Waals surface area contributed by atoms with Gasteiger partial charge in [0.05, 0.1) is 17.8 Å². The van der Waals surface area contributed by atoms with Gasteiger partial charge < -0.3 is 9.47 Å². The summed E-state index contributed by atoms with van der Waals surface area (Å²) in [5, 5.41) is 13.8. The molecule has 0 bridgehead atoms. The molecule has 0 saturated heterocycles. The normalized spacial score (nSPS) is 13.8. The van der Waals surface area contributed by atoms with Crippen molar-refractivity contribution in [1.29, 1.82) is 5.26 Å². The van der Waals surface area contributed by atoms with Crippen LogP contribution in [0.2, 0.25) is 5.02 Å². The second-order valence-electron chi connectivity index (χ2n) is 5.30. The number of carbonyl (C=O) groups excluding carboxylic acids is 1. The van der Waals surface area contributed by atoms with Crippen LogP contribution in [0.3, 0.4) is 0 Å². The number of hydrogen-bond acceptors (Lipinski definition) is 4. The highest BCUT2D eigenvalue weighted by atomic mass is 35.5. The first-order valence-corrected chi connectivity index (χ1v) is 7.42. The van der Waals surface area contributed by atoms with Crippen LogP contribution in [-0.4, -0.2) is 36.5 Å². The summed E-state index contributed by atoms with van der Waals surface area (Å²) in [6.45, 7) is 1.61. The van der Waals surface area contributed by atoms with Crippen molar-refractivity contribution in [2.24, 2.45) is 0 Å². The van der Waals surface area contributed by atoms with Gasteiger partial charge in [0.2, 0.25) is 0 Å². The monoisotopic (exact) mass is 326 g/mol. The van der Waals surface area contributed by atoms with Crippen molar-refractivity contribution >= 4 is 23.2 Å². The fourth-order valence-electron chi connectivity index (χ4n) is 2.80. The summed E-state index contributed by atoms with van der Waals surface area (Å²) in [4.78, 5) is 18.5. The number of aromatic nitrogens is 4. The Kier molecular flexibility index (Phi) is 3.06. The van der Waals surface area contributed by atoms with Gasteiger partial charge in [0, 0.05) is 31.0 Å². The van der Waals surface area contributed by atoms with Crippen LogP contribution in [0.15, 0.2) is 30.6 Å². The van der Waals surface area contributed by atoms with Crippen molar-refractivity contribution in [2.45, 2.75) is 13.1 Å². The molecule has 0 unspecified atom stereocenters. The average molecular weight is 327 g/mol. The molecule has 0 atom stereocenters. The fourth-order valence-corrected chi connectivity index (χ4v) is 2.94. The highest BCUT2D eigenvalue weighted by molar-refractivity contribution is 6.30. The Labute approximate surface area is 136 Å². The Bertz CT molecular complexity index is 966. The zero-order chi connectivity index (χ0) is 16.0. The van der Waals surface area contributed by atoms with Crippen molar-refractivity contribution in [1.82, 2.24) is 24.1 Å². The standard InChI is InChI=1S/C15H11ClN6O/c16-10-7-18-14-5-13(19-22(14)8-10)15(23)20-3-4-21-11(6-17)1-2-12(21)9-20/h1-2,5,7-8H,3-4,9H2. The van der Waals surface area contributed by atoms with Crippen LogP contribution in [0.4, 0.5) is 0 Å². The van der Waals surface area contributed by atoms with Gasteiger partial charge in [-0.3, -0.25) is 4.79 Å². The summed E-state index contributed by atoms with van der Waals surface area (Å²) in [6.07, 6.45) is 3.13. The van der Waals surface area contributed by atoms with Gasteiger partial charge in [0.15, 0.2) is 11.3 Å². The van der Waals surface area contributed by atoms with Crippen LogP contribution in [0.1, 0.15) is 21.9 Å². The summed E-state index contributed by atoms with van der Waals surface area (Å²) >= 11 is 5.88. The number of nitrogens with zero attached hydrogens (tertiary/aromatic N) is 6. The molecule has 4 rings (SSSR count). The number of rotatable bonds is 1. The predicted molar refractivity (Wildman–Crippen MR) is 81.9 cm³/mol. The number of nitriles is 1. The highest BCUT2D eigenvalue weighted by Crippen LogP contribution is 2.19. The lowest BCUT2D eigenvalue weighted by Crippen LogP contribution is -2.38. The smallest absolute Gasteiger partial charge is 0.274 e. The van der Waals surface area contributed by atoms with E-state index in [1.165, 1.54) is 10.7 Å². The number of halogens is 1. The fraction of sp³-hybridized carbons (Fsp3) is 0.200. The van der Waals surface area contributed by atoms with E-state index in [4.69, 9.17) is 16.9 Å². The maximum atomic E-state index is 12.7. The summed E-state index contributed by atoms with van der Waals surface area (Å²) in [5.74, 6) is -0.155. The molecule has 1 aliphatic rings. The zero-order valence-corrected chi connectivity index (χ0v) is 12.7. The van der Waals surface area contributed by atoms with E-state index in [1.54, 1.807) is 23.2 Å². The molecule has 8 heteroatoms.